The van der Waals surface area contributed by atoms with Crippen molar-refractivity contribution in [3.05, 3.63) is 35.1 Å². The first kappa shape index (κ1) is 14.5. The van der Waals surface area contributed by atoms with Crippen molar-refractivity contribution >= 4 is 5.91 Å². The van der Waals surface area contributed by atoms with Gasteiger partial charge in [0, 0.05) is 13.7 Å². The molecule has 0 radical (unpaired) electrons. The van der Waals surface area contributed by atoms with E-state index >= 15 is 0 Å². The Morgan fingerprint density at radius 2 is 1.94 bits per heavy atom. The smallest absolute Gasteiger partial charge is 0.239 e. The lowest BCUT2D eigenvalue weighted by molar-refractivity contribution is -0.120. The number of hydrogen-bond acceptors (Lipinski definition) is 3. The molecule has 4 nitrogen and oxygen atoms in total. The largest absolute Gasteiger partial charge is 0.383 e. The third-order valence-electron chi connectivity index (χ3n) is 2.28. The van der Waals surface area contributed by atoms with Gasteiger partial charge in [-0.05, 0) is 17.7 Å². The van der Waals surface area contributed by atoms with E-state index < -0.39 is 29.4 Å². The lowest BCUT2D eigenvalue weighted by atomic mass is 10.1. The summed E-state index contributed by atoms with van der Waals surface area (Å²) in [6.07, 6.45) is 0. The Balaban J connectivity index is 2.95. The average Bonchev–Trinajstić information content (AvgIpc) is 2.30. The van der Waals surface area contributed by atoms with Crippen molar-refractivity contribution in [1.29, 1.82) is 0 Å². The van der Waals surface area contributed by atoms with Crippen LogP contribution in [-0.4, -0.2) is 26.2 Å². The van der Waals surface area contributed by atoms with Gasteiger partial charge in [0.05, 0.1) is 6.61 Å². The topological polar surface area (TPSA) is 64.3 Å². The number of nitrogens with two attached hydrogens (primary N) is 1. The van der Waals surface area contributed by atoms with Crippen molar-refractivity contribution in [3.8, 4) is 0 Å². The third kappa shape index (κ3) is 3.44. The van der Waals surface area contributed by atoms with Gasteiger partial charge in [0.25, 0.3) is 0 Å². The van der Waals surface area contributed by atoms with E-state index in [9.17, 15) is 18.0 Å². The van der Waals surface area contributed by atoms with Crippen LogP contribution < -0.4 is 11.1 Å². The van der Waals surface area contributed by atoms with E-state index in [-0.39, 0.29) is 18.7 Å². The number of benzene rings is 1. The molecular formula is C11H13F3N2O2. The monoisotopic (exact) mass is 262 g/mol. The zero-order chi connectivity index (χ0) is 13.7. The molecule has 0 bridgehead atoms. The van der Waals surface area contributed by atoms with Crippen LogP contribution in [0.4, 0.5) is 13.2 Å². The van der Waals surface area contributed by atoms with Crippen LogP contribution in [0.3, 0.4) is 0 Å². The fraction of sp³-hybridized carbons (Fsp3) is 0.364. The summed E-state index contributed by atoms with van der Waals surface area (Å²) in [5.74, 6) is -5.15. The predicted octanol–water partition coefficient (Wildman–Crippen LogP) is 0.866. The van der Waals surface area contributed by atoms with E-state index in [1.54, 1.807) is 0 Å². The summed E-state index contributed by atoms with van der Waals surface area (Å²) in [7, 11) is 1.46. The first-order valence-corrected chi connectivity index (χ1v) is 5.13. The molecule has 18 heavy (non-hydrogen) atoms. The average molecular weight is 262 g/mol. The summed E-state index contributed by atoms with van der Waals surface area (Å²) in [5.41, 5.74) is 5.03. The van der Waals surface area contributed by atoms with Crippen molar-refractivity contribution in [2.24, 2.45) is 5.73 Å². The molecule has 7 heteroatoms. The molecule has 0 spiro atoms. The molecule has 0 aliphatic rings. The zero-order valence-corrected chi connectivity index (χ0v) is 9.67. The molecule has 0 heterocycles. The first-order valence-electron chi connectivity index (χ1n) is 5.13. The molecule has 0 aromatic heterocycles. The van der Waals surface area contributed by atoms with Crippen molar-refractivity contribution in [2.75, 3.05) is 20.3 Å². The van der Waals surface area contributed by atoms with Crippen LogP contribution in [0.5, 0.6) is 0 Å². The molecule has 1 rings (SSSR count). The van der Waals surface area contributed by atoms with Crippen LogP contribution in [0.2, 0.25) is 0 Å². The Hall–Kier alpha value is -1.60. The van der Waals surface area contributed by atoms with Crippen LogP contribution in [0.25, 0.3) is 0 Å². The number of carbonyl (C=O) groups is 1. The van der Waals surface area contributed by atoms with Gasteiger partial charge in [-0.25, -0.2) is 13.2 Å². The summed E-state index contributed by atoms with van der Waals surface area (Å²) in [6.45, 7) is 0.542. The van der Waals surface area contributed by atoms with Gasteiger partial charge in [0.15, 0.2) is 17.5 Å². The highest BCUT2D eigenvalue weighted by Gasteiger charge is 2.21. The predicted molar refractivity (Wildman–Crippen MR) is 58.1 cm³/mol. The Morgan fingerprint density at radius 1 is 1.39 bits per heavy atom. The molecule has 1 atom stereocenters. The highest BCUT2D eigenvalue weighted by atomic mass is 19.2. The maximum atomic E-state index is 13.0. The highest BCUT2D eigenvalue weighted by molar-refractivity contribution is 5.81. The SMILES string of the molecule is COCCNC(C(N)=O)c1cc(F)c(F)c(F)c1. The first-order chi connectivity index (χ1) is 8.47. The maximum absolute atomic E-state index is 13.0. The second kappa shape index (κ2) is 6.36. The Kier molecular flexibility index (Phi) is 5.11. The number of hydrogen-bond donors (Lipinski definition) is 2. The van der Waals surface area contributed by atoms with Gasteiger partial charge in [0.2, 0.25) is 5.91 Å². The van der Waals surface area contributed by atoms with Gasteiger partial charge < -0.3 is 10.5 Å². The van der Waals surface area contributed by atoms with Crippen molar-refractivity contribution < 1.29 is 22.7 Å². The van der Waals surface area contributed by atoms with Gasteiger partial charge in [0.1, 0.15) is 6.04 Å². The maximum Gasteiger partial charge on any atom is 0.239 e. The number of ether oxygens (including phenoxy) is 1. The fourth-order valence-corrected chi connectivity index (χ4v) is 1.43. The van der Waals surface area contributed by atoms with E-state index in [4.69, 9.17) is 10.5 Å². The highest BCUT2D eigenvalue weighted by Crippen LogP contribution is 2.19. The number of methoxy groups -OCH3 is 1. The van der Waals surface area contributed by atoms with Crippen LogP contribution in [0.15, 0.2) is 12.1 Å². The summed E-state index contributed by atoms with van der Waals surface area (Å²) < 4.78 is 43.6. The molecule has 0 saturated carbocycles. The zero-order valence-electron chi connectivity index (χ0n) is 9.67. The van der Waals surface area contributed by atoms with Gasteiger partial charge in [-0.2, -0.15) is 0 Å². The number of halogens is 3. The van der Waals surface area contributed by atoms with Crippen LogP contribution in [-0.2, 0) is 9.53 Å². The van der Waals surface area contributed by atoms with E-state index in [1.165, 1.54) is 7.11 Å². The molecule has 0 fully saturated rings. The van der Waals surface area contributed by atoms with Crippen molar-refractivity contribution in [1.82, 2.24) is 5.32 Å². The van der Waals surface area contributed by atoms with Gasteiger partial charge in [-0.3, -0.25) is 10.1 Å². The number of amides is 1. The quantitative estimate of drug-likeness (QED) is 0.590. The van der Waals surface area contributed by atoms with Crippen molar-refractivity contribution in [2.45, 2.75) is 6.04 Å². The molecule has 3 N–H and O–H groups in total. The minimum Gasteiger partial charge on any atom is -0.383 e. The van der Waals surface area contributed by atoms with E-state index in [2.05, 4.69) is 5.32 Å². The summed E-state index contributed by atoms with van der Waals surface area (Å²) in [6, 6.07) is 0.353. The molecule has 1 unspecified atom stereocenters. The Bertz CT molecular complexity index is 417. The molecule has 1 aromatic rings. The molecule has 1 amide bonds. The second-order valence-corrected chi connectivity index (χ2v) is 3.58. The fourth-order valence-electron chi connectivity index (χ4n) is 1.43. The summed E-state index contributed by atoms with van der Waals surface area (Å²) in [4.78, 5) is 11.2. The van der Waals surface area contributed by atoms with Crippen LogP contribution >= 0.6 is 0 Å². The number of carbonyl (C=O) groups excluding carboxylic acids is 1. The minimum atomic E-state index is -1.58. The Labute approximate surface area is 102 Å². The van der Waals surface area contributed by atoms with Gasteiger partial charge in [-0.15, -0.1) is 0 Å². The van der Waals surface area contributed by atoms with Gasteiger partial charge in [-0.1, -0.05) is 0 Å². The molecule has 100 valence electrons. The van der Waals surface area contributed by atoms with E-state index in [0.29, 0.717) is 0 Å². The minimum absolute atomic E-state index is 0.0741. The normalized spacial score (nSPS) is 12.4. The summed E-state index contributed by atoms with van der Waals surface area (Å²) in [5, 5.41) is 2.65. The number of nitrogens with one attached hydrogen (secondary N) is 1. The van der Waals surface area contributed by atoms with Gasteiger partial charge >= 0.3 is 0 Å². The third-order valence-corrected chi connectivity index (χ3v) is 2.28. The van der Waals surface area contributed by atoms with E-state index in [1.807, 2.05) is 0 Å². The lowest BCUT2D eigenvalue weighted by Gasteiger charge is -2.16. The van der Waals surface area contributed by atoms with Crippen LogP contribution in [0, 0.1) is 17.5 Å². The van der Waals surface area contributed by atoms with Crippen LogP contribution in [0.1, 0.15) is 11.6 Å². The second-order valence-electron chi connectivity index (χ2n) is 3.58. The molecule has 0 saturated heterocycles. The standard InChI is InChI=1S/C11H13F3N2O2/c1-18-3-2-16-10(11(15)17)6-4-7(12)9(14)8(13)5-6/h4-5,10,16H,2-3H2,1H3,(H2,15,17). The molecule has 0 aliphatic carbocycles. The molecule has 1 aromatic carbocycles. The van der Waals surface area contributed by atoms with E-state index in [0.717, 1.165) is 12.1 Å². The number of primary amides is 1. The lowest BCUT2D eigenvalue weighted by Crippen LogP contribution is -2.35. The Morgan fingerprint density at radius 3 is 2.39 bits per heavy atom. The number of rotatable bonds is 6. The summed E-state index contributed by atoms with van der Waals surface area (Å²) >= 11 is 0. The van der Waals surface area contributed by atoms with Crippen molar-refractivity contribution in [3.63, 3.8) is 0 Å². The molecular weight excluding hydrogens is 249 g/mol. The molecule has 0 aliphatic heterocycles.